The molecule has 1 aliphatic heterocycles. The Morgan fingerprint density at radius 2 is 2.11 bits per heavy atom. The van der Waals surface area contributed by atoms with Crippen LogP contribution in [0.15, 0.2) is 30.3 Å². The minimum atomic E-state index is -0.863. The van der Waals surface area contributed by atoms with Crippen LogP contribution in [0.5, 0.6) is 0 Å². The Kier molecular flexibility index (Phi) is 3.82. The molecule has 0 saturated carbocycles. The minimum Gasteiger partial charge on any atom is -0.463 e. The molecule has 2 rings (SSSR count). The fourth-order valence-electron chi connectivity index (χ4n) is 1.92. The molecule has 1 N–H and O–H groups in total. The number of ether oxygens (including phenoxy) is 2. The second-order valence-electron chi connectivity index (χ2n) is 4.02. The number of esters is 1. The highest BCUT2D eigenvalue weighted by molar-refractivity contribution is 5.83. The summed E-state index contributed by atoms with van der Waals surface area (Å²) in [5.41, 5.74) is 1.03. The summed E-state index contributed by atoms with van der Waals surface area (Å²) in [6, 6.07) is 9.23. The van der Waals surface area contributed by atoms with Crippen LogP contribution in [-0.2, 0) is 20.7 Å². The molecule has 1 amide bonds. The van der Waals surface area contributed by atoms with Gasteiger partial charge >= 0.3 is 12.1 Å². The number of alkyl carbamates (subject to hydrolysis) is 1. The Morgan fingerprint density at radius 3 is 2.78 bits per heavy atom. The highest BCUT2D eigenvalue weighted by Crippen LogP contribution is 2.15. The van der Waals surface area contributed by atoms with Crippen molar-refractivity contribution in [1.82, 2.24) is 5.32 Å². The van der Waals surface area contributed by atoms with Crippen molar-refractivity contribution < 1.29 is 19.1 Å². The Morgan fingerprint density at radius 1 is 1.39 bits per heavy atom. The van der Waals surface area contributed by atoms with Gasteiger partial charge < -0.3 is 14.8 Å². The predicted molar refractivity (Wildman–Crippen MR) is 64.0 cm³/mol. The molecule has 1 aromatic rings. The maximum absolute atomic E-state index is 11.7. The maximum atomic E-state index is 11.7. The molecule has 96 valence electrons. The number of hydrogen-bond acceptors (Lipinski definition) is 4. The fraction of sp³-hybridized carbons (Fsp3) is 0.385. The van der Waals surface area contributed by atoms with Gasteiger partial charge in [-0.3, -0.25) is 0 Å². The third kappa shape index (κ3) is 2.80. The quantitative estimate of drug-likeness (QED) is 0.816. The van der Waals surface area contributed by atoms with Crippen LogP contribution in [0.25, 0.3) is 0 Å². The molecule has 1 fully saturated rings. The van der Waals surface area contributed by atoms with Gasteiger partial charge in [0.2, 0.25) is 6.10 Å². The standard InChI is InChI=1S/C13H15NO4/c1-2-17-12(15)11-10(14-13(16)18-11)8-9-6-4-3-5-7-9/h3-7,10-11H,2,8H2,1H3,(H,14,16)/t10-,11+/m1/s1. The molecule has 0 bridgehead atoms. The van der Waals surface area contributed by atoms with Crippen LogP contribution in [0.4, 0.5) is 4.79 Å². The number of carbonyl (C=O) groups excluding carboxylic acids is 2. The van der Waals surface area contributed by atoms with Crippen LogP contribution >= 0.6 is 0 Å². The summed E-state index contributed by atoms with van der Waals surface area (Å²) in [6.45, 7) is 1.99. The van der Waals surface area contributed by atoms with E-state index in [9.17, 15) is 9.59 Å². The highest BCUT2D eigenvalue weighted by Gasteiger charge is 2.40. The van der Waals surface area contributed by atoms with E-state index in [1.54, 1.807) is 6.92 Å². The first kappa shape index (κ1) is 12.4. The fourth-order valence-corrected chi connectivity index (χ4v) is 1.92. The molecule has 1 heterocycles. The molecule has 1 aliphatic rings. The molecule has 5 nitrogen and oxygen atoms in total. The molecule has 1 aromatic carbocycles. The van der Waals surface area contributed by atoms with E-state index < -0.39 is 18.2 Å². The van der Waals surface area contributed by atoms with Crippen molar-refractivity contribution in [3.05, 3.63) is 35.9 Å². The van der Waals surface area contributed by atoms with Crippen molar-refractivity contribution in [2.75, 3.05) is 6.61 Å². The van der Waals surface area contributed by atoms with Crippen LogP contribution in [0, 0.1) is 0 Å². The van der Waals surface area contributed by atoms with Crippen LogP contribution < -0.4 is 5.32 Å². The summed E-state index contributed by atoms with van der Waals surface area (Å²) in [7, 11) is 0. The van der Waals surface area contributed by atoms with Gasteiger partial charge in [0, 0.05) is 0 Å². The zero-order valence-corrected chi connectivity index (χ0v) is 10.1. The molecule has 1 saturated heterocycles. The number of cyclic esters (lactones) is 1. The Hall–Kier alpha value is -2.04. The molecule has 0 radical (unpaired) electrons. The van der Waals surface area contributed by atoms with Crippen LogP contribution in [0.3, 0.4) is 0 Å². The van der Waals surface area contributed by atoms with Gasteiger partial charge in [-0.2, -0.15) is 0 Å². The Balaban J connectivity index is 2.05. The second-order valence-corrected chi connectivity index (χ2v) is 4.02. The first-order valence-corrected chi connectivity index (χ1v) is 5.88. The van der Waals surface area contributed by atoms with Gasteiger partial charge in [0.05, 0.1) is 12.6 Å². The normalized spacial score (nSPS) is 22.2. The van der Waals surface area contributed by atoms with E-state index in [2.05, 4.69) is 5.32 Å². The Bertz CT molecular complexity index is 432. The smallest absolute Gasteiger partial charge is 0.408 e. The number of hydrogen-bond donors (Lipinski definition) is 1. The summed E-state index contributed by atoms with van der Waals surface area (Å²) in [5.74, 6) is -0.503. The van der Waals surface area contributed by atoms with E-state index in [1.165, 1.54) is 0 Å². The van der Waals surface area contributed by atoms with Crippen molar-refractivity contribution in [2.24, 2.45) is 0 Å². The summed E-state index contributed by atoms with van der Waals surface area (Å²) >= 11 is 0. The lowest BCUT2D eigenvalue weighted by atomic mass is 10.0. The first-order valence-electron chi connectivity index (χ1n) is 5.88. The van der Waals surface area contributed by atoms with E-state index in [1.807, 2.05) is 30.3 Å². The zero-order chi connectivity index (χ0) is 13.0. The van der Waals surface area contributed by atoms with Crippen LogP contribution in [0.1, 0.15) is 12.5 Å². The van der Waals surface area contributed by atoms with Crippen LogP contribution in [-0.4, -0.2) is 30.8 Å². The molecule has 0 unspecified atom stereocenters. The molecular weight excluding hydrogens is 234 g/mol. The first-order chi connectivity index (χ1) is 8.70. The van der Waals surface area contributed by atoms with Crippen molar-refractivity contribution >= 4 is 12.1 Å². The molecule has 5 heteroatoms. The van der Waals surface area contributed by atoms with Gasteiger partial charge in [-0.1, -0.05) is 30.3 Å². The summed E-state index contributed by atoms with van der Waals surface area (Å²) in [5, 5.41) is 2.63. The molecule has 18 heavy (non-hydrogen) atoms. The lowest BCUT2D eigenvalue weighted by Crippen LogP contribution is -2.39. The average Bonchev–Trinajstić information content (AvgIpc) is 2.72. The number of nitrogens with one attached hydrogen (secondary N) is 1. The lowest BCUT2D eigenvalue weighted by molar-refractivity contribution is -0.152. The number of carbonyl (C=O) groups is 2. The van der Waals surface area contributed by atoms with Gasteiger partial charge in [-0.05, 0) is 18.9 Å². The third-order valence-electron chi connectivity index (χ3n) is 2.72. The SMILES string of the molecule is CCOC(=O)[C@H]1OC(=O)N[C@@H]1Cc1ccccc1. The predicted octanol–water partition coefficient (Wildman–Crippen LogP) is 1.27. The maximum Gasteiger partial charge on any atom is 0.408 e. The van der Waals surface area contributed by atoms with Gasteiger partial charge in [-0.25, -0.2) is 9.59 Å². The number of amides is 1. The monoisotopic (exact) mass is 249 g/mol. The van der Waals surface area contributed by atoms with Crippen molar-refractivity contribution in [2.45, 2.75) is 25.5 Å². The minimum absolute atomic E-state index is 0.269. The molecule has 2 atom stereocenters. The van der Waals surface area contributed by atoms with Gasteiger partial charge in [0.15, 0.2) is 0 Å². The van der Waals surface area contributed by atoms with Gasteiger partial charge in [-0.15, -0.1) is 0 Å². The summed E-state index contributed by atoms with van der Waals surface area (Å²) < 4.78 is 9.82. The largest absolute Gasteiger partial charge is 0.463 e. The topological polar surface area (TPSA) is 64.6 Å². The second kappa shape index (κ2) is 5.53. The number of rotatable bonds is 4. The molecule has 0 aromatic heterocycles. The summed E-state index contributed by atoms with van der Waals surface area (Å²) in [4.78, 5) is 22.9. The van der Waals surface area contributed by atoms with Gasteiger partial charge in [0.25, 0.3) is 0 Å². The lowest BCUT2D eigenvalue weighted by Gasteiger charge is -2.15. The summed E-state index contributed by atoms with van der Waals surface area (Å²) in [6.07, 6.45) is -0.901. The van der Waals surface area contributed by atoms with E-state index >= 15 is 0 Å². The third-order valence-corrected chi connectivity index (χ3v) is 2.72. The van der Waals surface area contributed by atoms with Crippen LogP contribution in [0.2, 0.25) is 0 Å². The zero-order valence-electron chi connectivity index (χ0n) is 10.1. The average molecular weight is 249 g/mol. The molecule has 0 spiro atoms. The molecule has 0 aliphatic carbocycles. The van der Waals surface area contributed by atoms with E-state index in [0.717, 1.165) is 5.56 Å². The van der Waals surface area contributed by atoms with Crippen molar-refractivity contribution in [1.29, 1.82) is 0 Å². The van der Waals surface area contributed by atoms with Gasteiger partial charge in [0.1, 0.15) is 0 Å². The van der Waals surface area contributed by atoms with Crippen molar-refractivity contribution in [3.63, 3.8) is 0 Å². The van der Waals surface area contributed by atoms with E-state index in [0.29, 0.717) is 6.42 Å². The van der Waals surface area contributed by atoms with E-state index in [-0.39, 0.29) is 12.6 Å². The van der Waals surface area contributed by atoms with Crippen molar-refractivity contribution in [3.8, 4) is 0 Å². The Labute approximate surface area is 105 Å². The van der Waals surface area contributed by atoms with E-state index in [4.69, 9.17) is 9.47 Å². The highest BCUT2D eigenvalue weighted by atomic mass is 16.6. The molecular formula is C13H15NO4. The number of benzene rings is 1.